The van der Waals surface area contributed by atoms with Gasteiger partial charge < -0.3 is 9.64 Å². The van der Waals surface area contributed by atoms with Gasteiger partial charge in [0, 0.05) is 43.3 Å². The lowest BCUT2D eigenvalue weighted by Crippen LogP contribution is -2.49. The van der Waals surface area contributed by atoms with Crippen molar-refractivity contribution in [2.24, 2.45) is 0 Å². The highest BCUT2D eigenvalue weighted by atomic mass is 35.5. The average molecular weight is 466 g/mol. The van der Waals surface area contributed by atoms with Gasteiger partial charge in [-0.3, -0.25) is 9.69 Å². The van der Waals surface area contributed by atoms with Crippen LogP contribution in [0.3, 0.4) is 0 Å². The van der Waals surface area contributed by atoms with Crippen LogP contribution in [0.15, 0.2) is 41.3 Å². The Morgan fingerprint density at radius 3 is 2.35 bits per heavy atom. The van der Waals surface area contributed by atoms with Crippen LogP contribution in [0.25, 0.3) is 0 Å². The normalized spacial score (nSPS) is 15.2. The number of nitrogens with zero attached hydrogens (tertiary/aromatic N) is 2. The highest BCUT2D eigenvalue weighted by molar-refractivity contribution is 7.89. The van der Waals surface area contributed by atoms with Gasteiger partial charge >= 0.3 is 0 Å². The summed E-state index contributed by atoms with van der Waals surface area (Å²) in [6, 6.07) is 10.5. The minimum Gasteiger partial charge on any atom is -0.492 e. The maximum absolute atomic E-state index is 13.0. The summed E-state index contributed by atoms with van der Waals surface area (Å²) < 4.78 is 32.7. The van der Waals surface area contributed by atoms with Crippen LogP contribution in [0.2, 0.25) is 5.02 Å². The fraction of sp³-hybridized carbons (Fsp3) is 0.409. The van der Waals surface area contributed by atoms with Crippen LogP contribution in [-0.4, -0.2) is 70.5 Å². The van der Waals surface area contributed by atoms with E-state index in [0.717, 1.165) is 30.9 Å². The van der Waals surface area contributed by atoms with Gasteiger partial charge in [-0.25, -0.2) is 13.1 Å². The second kappa shape index (κ2) is 9.99. The molecule has 1 heterocycles. The number of piperazine rings is 1. The maximum Gasteiger partial charge on any atom is 0.253 e. The lowest BCUT2D eigenvalue weighted by atomic mass is 10.0. The molecular formula is C22H28ClN3O4S. The molecule has 1 fully saturated rings. The zero-order chi connectivity index (χ0) is 22.6. The first-order valence-electron chi connectivity index (χ1n) is 10.2. The minimum absolute atomic E-state index is 0.146. The first-order chi connectivity index (χ1) is 14.7. The van der Waals surface area contributed by atoms with Crippen LogP contribution in [0.4, 0.5) is 0 Å². The summed E-state index contributed by atoms with van der Waals surface area (Å²) in [6.07, 6.45) is 0. The molecule has 3 rings (SSSR count). The van der Waals surface area contributed by atoms with E-state index in [1.807, 2.05) is 19.1 Å². The van der Waals surface area contributed by atoms with E-state index in [0.29, 0.717) is 35.8 Å². The molecule has 7 nitrogen and oxygen atoms in total. The predicted molar refractivity (Wildman–Crippen MR) is 121 cm³/mol. The molecule has 0 spiro atoms. The Kier molecular flexibility index (Phi) is 7.59. The van der Waals surface area contributed by atoms with Crippen molar-refractivity contribution in [2.75, 3.05) is 46.4 Å². The van der Waals surface area contributed by atoms with Crippen molar-refractivity contribution in [1.82, 2.24) is 14.5 Å². The number of amides is 1. The Bertz CT molecular complexity index is 1030. The number of carbonyl (C=O) groups excluding carboxylic acids is 1. The van der Waals surface area contributed by atoms with Crippen LogP contribution in [-0.2, 0) is 10.0 Å². The zero-order valence-corrected chi connectivity index (χ0v) is 19.6. The van der Waals surface area contributed by atoms with Crippen LogP contribution in [0.1, 0.15) is 21.5 Å². The number of hydrogen-bond donors (Lipinski definition) is 1. The van der Waals surface area contributed by atoms with E-state index in [4.69, 9.17) is 16.3 Å². The number of benzene rings is 2. The van der Waals surface area contributed by atoms with Crippen molar-refractivity contribution in [3.05, 3.63) is 58.1 Å². The average Bonchev–Trinajstić information content (AvgIpc) is 2.76. The quantitative estimate of drug-likeness (QED) is 0.680. The van der Waals surface area contributed by atoms with Gasteiger partial charge in [-0.1, -0.05) is 11.6 Å². The third kappa shape index (κ3) is 5.77. The predicted octanol–water partition coefficient (Wildman–Crippen LogP) is 2.70. The molecule has 2 aromatic carbocycles. The fourth-order valence-electron chi connectivity index (χ4n) is 3.52. The SMILES string of the molecule is CNS(=O)(=O)c1cc(C(=O)N2CCN(CCOc3ccc(Cl)cc3)CC2)cc(C)c1C. The molecule has 1 aliphatic heterocycles. The summed E-state index contributed by atoms with van der Waals surface area (Å²) >= 11 is 5.88. The standard InChI is InChI=1S/C22H28ClN3O4S/c1-16-14-18(15-21(17(16)2)31(28,29)24-3)22(27)26-10-8-25(9-11-26)12-13-30-20-6-4-19(23)5-7-20/h4-7,14-15,24H,8-13H2,1-3H3. The molecule has 9 heteroatoms. The monoisotopic (exact) mass is 465 g/mol. The molecule has 0 aliphatic carbocycles. The summed E-state index contributed by atoms with van der Waals surface area (Å²) in [4.78, 5) is 17.2. The van der Waals surface area contributed by atoms with Crippen LogP contribution in [0, 0.1) is 13.8 Å². The van der Waals surface area contributed by atoms with E-state index in [2.05, 4.69) is 9.62 Å². The molecule has 0 atom stereocenters. The molecule has 1 N–H and O–H groups in total. The molecule has 0 aromatic heterocycles. The highest BCUT2D eigenvalue weighted by Gasteiger charge is 2.25. The van der Waals surface area contributed by atoms with Crippen molar-refractivity contribution in [3.63, 3.8) is 0 Å². The zero-order valence-electron chi connectivity index (χ0n) is 18.0. The van der Waals surface area contributed by atoms with Gasteiger partial charge in [0.25, 0.3) is 5.91 Å². The molecule has 0 radical (unpaired) electrons. The van der Waals surface area contributed by atoms with Gasteiger partial charge in [0.05, 0.1) is 4.90 Å². The van der Waals surface area contributed by atoms with Gasteiger partial charge in [0.15, 0.2) is 0 Å². The van der Waals surface area contributed by atoms with Gasteiger partial charge in [-0.2, -0.15) is 0 Å². The summed E-state index contributed by atoms with van der Waals surface area (Å²) in [7, 11) is -2.26. The lowest BCUT2D eigenvalue weighted by molar-refractivity contribution is 0.0620. The van der Waals surface area contributed by atoms with E-state index in [1.54, 1.807) is 30.0 Å². The van der Waals surface area contributed by atoms with Crippen LogP contribution >= 0.6 is 11.6 Å². The number of hydrogen-bond acceptors (Lipinski definition) is 5. The summed E-state index contributed by atoms with van der Waals surface area (Å²) in [5, 5.41) is 0.674. The van der Waals surface area contributed by atoms with E-state index in [9.17, 15) is 13.2 Å². The smallest absolute Gasteiger partial charge is 0.253 e. The molecule has 1 amide bonds. The summed E-state index contributed by atoms with van der Waals surface area (Å²) in [6.45, 7) is 7.53. The van der Waals surface area contributed by atoms with Crippen molar-refractivity contribution in [1.29, 1.82) is 0 Å². The third-order valence-electron chi connectivity index (χ3n) is 5.57. The molecule has 31 heavy (non-hydrogen) atoms. The molecule has 0 unspecified atom stereocenters. The Hall–Kier alpha value is -2.13. The molecule has 2 aromatic rings. The van der Waals surface area contributed by atoms with E-state index in [-0.39, 0.29) is 10.8 Å². The van der Waals surface area contributed by atoms with Gasteiger partial charge in [-0.15, -0.1) is 0 Å². The number of nitrogens with one attached hydrogen (secondary N) is 1. The maximum atomic E-state index is 13.0. The first kappa shape index (κ1) is 23.5. The highest BCUT2D eigenvalue weighted by Crippen LogP contribution is 2.22. The second-order valence-corrected chi connectivity index (χ2v) is 9.85. The Labute approximate surface area is 189 Å². The van der Waals surface area contributed by atoms with Crippen molar-refractivity contribution < 1.29 is 17.9 Å². The lowest BCUT2D eigenvalue weighted by Gasteiger charge is -2.34. The van der Waals surface area contributed by atoms with Gasteiger partial charge in [0.1, 0.15) is 12.4 Å². The number of rotatable bonds is 7. The Morgan fingerprint density at radius 2 is 1.74 bits per heavy atom. The number of aryl methyl sites for hydroxylation is 1. The molecule has 1 aliphatic rings. The Morgan fingerprint density at radius 1 is 1.10 bits per heavy atom. The molecule has 0 saturated carbocycles. The number of ether oxygens (including phenoxy) is 1. The van der Waals surface area contributed by atoms with Gasteiger partial charge in [0.2, 0.25) is 10.0 Å². The fourth-order valence-corrected chi connectivity index (χ4v) is 4.71. The topological polar surface area (TPSA) is 79.0 Å². The first-order valence-corrected chi connectivity index (χ1v) is 12.0. The van der Waals surface area contributed by atoms with Crippen molar-refractivity contribution in [2.45, 2.75) is 18.7 Å². The Balaban J connectivity index is 1.57. The van der Waals surface area contributed by atoms with Crippen LogP contribution < -0.4 is 9.46 Å². The molecule has 1 saturated heterocycles. The number of halogens is 1. The van der Waals surface area contributed by atoms with Crippen molar-refractivity contribution in [3.8, 4) is 5.75 Å². The van der Waals surface area contributed by atoms with E-state index in [1.165, 1.54) is 13.1 Å². The molecule has 168 valence electrons. The summed E-state index contributed by atoms with van der Waals surface area (Å²) in [5.41, 5.74) is 1.82. The van der Waals surface area contributed by atoms with E-state index < -0.39 is 10.0 Å². The van der Waals surface area contributed by atoms with Crippen LogP contribution in [0.5, 0.6) is 5.75 Å². The number of sulfonamides is 1. The molecule has 0 bridgehead atoms. The number of carbonyl (C=O) groups is 1. The third-order valence-corrected chi connectivity index (χ3v) is 7.37. The summed E-state index contributed by atoms with van der Waals surface area (Å²) in [5.74, 6) is 0.632. The largest absolute Gasteiger partial charge is 0.492 e. The second-order valence-electron chi connectivity index (χ2n) is 7.56. The van der Waals surface area contributed by atoms with E-state index >= 15 is 0 Å². The minimum atomic E-state index is -3.63. The molecular weight excluding hydrogens is 438 g/mol. The van der Waals surface area contributed by atoms with Crippen molar-refractivity contribution >= 4 is 27.5 Å². The van der Waals surface area contributed by atoms with Gasteiger partial charge in [-0.05, 0) is 68.4 Å².